The maximum atomic E-state index is 13.1. The van der Waals surface area contributed by atoms with E-state index in [9.17, 15) is 24.6 Å². The minimum atomic E-state index is -3.57. The summed E-state index contributed by atoms with van der Waals surface area (Å²) in [5, 5.41) is 18.2. The number of rotatable bonds is 5. The fourth-order valence-corrected chi connectivity index (χ4v) is 2.57. The molecule has 0 aliphatic carbocycles. The third-order valence-electron chi connectivity index (χ3n) is 1.44. The Bertz CT molecular complexity index is 244. The minimum Gasteiger partial charge on any atom is -0.256 e. The predicted octanol–water partition coefficient (Wildman–Crippen LogP) is 2.42. The summed E-state index contributed by atoms with van der Waals surface area (Å²) in [7, 11) is 0. The minimum absolute atomic E-state index is 0.0471. The zero-order valence-corrected chi connectivity index (χ0v) is 11.2. The van der Waals surface area contributed by atoms with Crippen LogP contribution in [0.25, 0.3) is 0 Å². The monoisotopic (exact) mass is 352 g/mol. The average molecular weight is 354 g/mol. The van der Waals surface area contributed by atoms with Crippen molar-refractivity contribution in [1.29, 1.82) is 0 Å². The van der Waals surface area contributed by atoms with Crippen molar-refractivity contribution in [1.82, 2.24) is 0 Å². The summed E-state index contributed by atoms with van der Waals surface area (Å²) in [6.07, 6.45) is -0.744. The molecule has 10 heteroatoms. The van der Waals surface area contributed by atoms with Crippen molar-refractivity contribution in [2.45, 2.75) is 24.9 Å². The molecule has 0 heterocycles. The van der Waals surface area contributed by atoms with E-state index in [1.807, 2.05) is 0 Å². The molecule has 0 spiro atoms. The lowest BCUT2D eigenvalue weighted by molar-refractivity contribution is -0.831. The predicted molar refractivity (Wildman–Crippen MR) is 56.7 cm³/mol. The third-order valence-corrected chi connectivity index (χ3v) is 4.95. The van der Waals surface area contributed by atoms with Crippen LogP contribution in [0, 0.1) is 20.2 Å². The SMILES string of the molecule is C[Si](Br)(Br)CCC(F)([N+](=O)[O-])[N+](=O)[O-]. The summed E-state index contributed by atoms with van der Waals surface area (Å²) >= 11 is 6.35. The Kier molecular flexibility index (Phi) is 4.59. The van der Waals surface area contributed by atoms with Crippen LogP contribution in [-0.4, -0.2) is 21.1 Å². The molecule has 0 saturated carbocycles. The highest BCUT2D eigenvalue weighted by Gasteiger charge is 2.57. The first-order chi connectivity index (χ1) is 6.09. The number of hydrogen-bond donors (Lipinski definition) is 0. The van der Waals surface area contributed by atoms with Crippen molar-refractivity contribution < 1.29 is 14.2 Å². The number of hydrogen-bond acceptors (Lipinski definition) is 4. The van der Waals surface area contributed by atoms with Crippen LogP contribution in [0.5, 0.6) is 0 Å². The maximum Gasteiger partial charge on any atom is 0.613 e. The van der Waals surface area contributed by atoms with E-state index in [0.29, 0.717) is 0 Å². The molecule has 0 fully saturated rings. The van der Waals surface area contributed by atoms with Gasteiger partial charge in [0, 0.05) is 0 Å². The summed E-state index contributed by atoms with van der Waals surface area (Å²) in [6.45, 7) is 1.70. The van der Waals surface area contributed by atoms with E-state index in [2.05, 4.69) is 30.6 Å². The Morgan fingerprint density at radius 1 is 1.36 bits per heavy atom. The van der Waals surface area contributed by atoms with Gasteiger partial charge in [-0.25, -0.2) is 0 Å². The van der Waals surface area contributed by atoms with Gasteiger partial charge in [-0.1, -0.05) is 10.9 Å². The molecule has 0 N–H and O–H groups in total. The fourth-order valence-electron chi connectivity index (χ4n) is 0.628. The van der Waals surface area contributed by atoms with Crippen LogP contribution in [0.3, 0.4) is 0 Å². The van der Waals surface area contributed by atoms with Crippen molar-refractivity contribution in [3.63, 3.8) is 0 Å². The van der Waals surface area contributed by atoms with Gasteiger partial charge in [-0.05, 0) is 6.04 Å². The summed E-state index contributed by atoms with van der Waals surface area (Å²) in [5.74, 6) is -3.57. The van der Waals surface area contributed by atoms with Crippen LogP contribution >= 0.6 is 30.6 Å². The second kappa shape index (κ2) is 4.62. The van der Waals surface area contributed by atoms with E-state index in [1.165, 1.54) is 0 Å². The quantitative estimate of drug-likeness (QED) is 0.190. The summed E-state index contributed by atoms with van der Waals surface area (Å²) in [4.78, 5) is 17.3. The largest absolute Gasteiger partial charge is 0.613 e. The Balaban J connectivity index is 4.56. The lowest BCUT2D eigenvalue weighted by Gasteiger charge is -2.12. The second-order valence-electron chi connectivity index (χ2n) is 2.80. The fraction of sp³-hybridized carbons (Fsp3) is 1.00. The molecule has 0 aromatic rings. The van der Waals surface area contributed by atoms with Gasteiger partial charge in [0.1, 0.15) is 16.3 Å². The lowest BCUT2D eigenvalue weighted by atomic mass is 10.3. The molecule has 0 aromatic heterocycles. The number of nitrogens with zero attached hydrogens (tertiary/aromatic N) is 2. The average Bonchev–Trinajstić information content (AvgIpc) is 1.97. The van der Waals surface area contributed by atoms with E-state index in [4.69, 9.17) is 0 Å². The van der Waals surface area contributed by atoms with Gasteiger partial charge in [-0.2, -0.15) is 0 Å². The topological polar surface area (TPSA) is 86.3 Å². The van der Waals surface area contributed by atoms with E-state index < -0.39 is 27.5 Å². The van der Waals surface area contributed by atoms with Gasteiger partial charge in [0.2, 0.25) is 0 Å². The first-order valence-electron chi connectivity index (χ1n) is 3.45. The van der Waals surface area contributed by atoms with Gasteiger partial charge in [-0.3, -0.25) is 20.2 Å². The van der Waals surface area contributed by atoms with Crippen molar-refractivity contribution in [2.75, 3.05) is 0 Å². The molecule has 0 aliphatic rings. The third kappa shape index (κ3) is 3.96. The summed E-state index contributed by atoms with van der Waals surface area (Å²) in [6, 6.07) is 0.0471. The van der Waals surface area contributed by atoms with Crippen molar-refractivity contribution in [3.8, 4) is 0 Å². The Morgan fingerprint density at radius 2 is 1.71 bits per heavy atom. The molecule has 0 unspecified atom stereocenters. The van der Waals surface area contributed by atoms with Crippen molar-refractivity contribution in [2.24, 2.45) is 0 Å². The molecule has 0 atom stereocenters. The Labute approximate surface area is 95.3 Å². The van der Waals surface area contributed by atoms with Crippen LogP contribution in [0.15, 0.2) is 0 Å². The molecule has 0 saturated heterocycles. The number of nitro groups is 2. The highest BCUT2D eigenvalue weighted by Crippen LogP contribution is 2.31. The smallest absolute Gasteiger partial charge is 0.256 e. The summed E-state index contributed by atoms with van der Waals surface area (Å²) < 4.78 is 13.1. The Morgan fingerprint density at radius 3 is 1.93 bits per heavy atom. The van der Waals surface area contributed by atoms with Crippen LogP contribution in [0.4, 0.5) is 4.39 Å². The van der Waals surface area contributed by atoms with Gasteiger partial charge in [0.05, 0.1) is 0 Å². The molecule has 0 bridgehead atoms. The molecule has 0 amide bonds. The van der Waals surface area contributed by atoms with E-state index in [0.717, 1.165) is 0 Å². The molecule has 14 heavy (non-hydrogen) atoms. The molecule has 82 valence electrons. The van der Waals surface area contributed by atoms with Crippen molar-refractivity contribution >= 4 is 35.9 Å². The highest BCUT2D eigenvalue weighted by molar-refractivity contribution is 9.51. The molecular weight excluding hydrogens is 347 g/mol. The van der Waals surface area contributed by atoms with E-state index in [1.54, 1.807) is 6.55 Å². The molecule has 0 radical (unpaired) electrons. The molecule has 0 rings (SSSR count). The van der Waals surface area contributed by atoms with Crippen LogP contribution in [0.2, 0.25) is 12.6 Å². The van der Waals surface area contributed by atoms with E-state index in [-0.39, 0.29) is 6.04 Å². The van der Waals surface area contributed by atoms with Gasteiger partial charge in [0.25, 0.3) is 0 Å². The number of halogens is 3. The Hall–Kier alpha value is -0.0931. The standard InChI is InChI=1S/C4H7Br2FN2O4Si/c1-14(5,6)3-2-4(7,8(10)11)9(12)13/h2-3H2,1H3. The van der Waals surface area contributed by atoms with Crippen LogP contribution in [0.1, 0.15) is 6.42 Å². The van der Waals surface area contributed by atoms with Gasteiger partial charge < -0.3 is 0 Å². The lowest BCUT2D eigenvalue weighted by Crippen LogP contribution is -2.42. The molecule has 6 nitrogen and oxygen atoms in total. The van der Waals surface area contributed by atoms with E-state index >= 15 is 0 Å². The molecular formula is C4H7Br2FN2O4Si. The first-order valence-corrected chi connectivity index (χ1v) is 10.7. The maximum absolute atomic E-state index is 13.1. The van der Waals surface area contributed by atoms with Gasteiger partial charge in [-0.15, -0.1) is 30.6 Å². The molecule has 0 aromatic carbocycles. The normalized spacial score (nSPS) is 12.6. The summed E-state index contributed by atoms with van der Waals surface area (Å²) in [5.41, 5.74) is 0. The zero-order chi connectivity index (χ0) is 11.6. The first kappa shape index (κ1) is 13.9. The van der Waals surface area contributed by atoms with Crippen LogP contribution < -0.4 is 0 Å². The van der Waals surface area contributed by atoms with Gasteiger partial charge in [0.15, 0.2) is 5.31 Å². The second-order valence-corrected chi connectivity index (χ2v) is 19.1. The number of alkyl halides is 1. The van der Waals surface area contributed by atoms with Crippen molar-refractivity contribution in [3.05, 3.63) is 20.2 Å². The van der Waals surface area contributed by atoms with Crippen LogP contribution in [-0.2, 0) is 0 Å². The highest BCUT2D eigenvalue weighted by atomic mass is 79.9. The van der Waals surface area contributed by atoms with Gasteiger partial charge >= 0.3 is 5.92 Å². The molecule has 0 aliphatic heterocycles. The zero-order valence-electron chi connectivity index (χ0n) is 7.08.